The van der Waals surface area contributed by atoms with Gasteiger partial charge in [-0.15, -0.1) is 15.3 Å². The highest BCUT2D eigenvalue weighted by molar-refractivity contribution is 7.19. The lowest BCUT2D eigenvalue weighted by Gasteiger charge is -2.08. The van der Waals surface area contributed by atoms with E-state index < -0.39 is 0 Å². The first-order valence-electron chi connectivity index (χ1n) is 5.58. The van der Waals surface area contributed by atoms with Gasteiger partial charge < -0.3 is 5.32 Å². The zero-order valence-electron chi connectivity index (χ0n) is 10.1. The Morgan fingerprint density at radius 2 is 2.12 bits per heavy atom. The molecule has 2 rings (SSSR count). The Balaban J connectivity index is 2.13. The smallest absolute Gasteiger partial charge is 0.161 e. The van der Waals surface area contributed by atoms with Crippen molar-refractivity contribution in [2.75, 3.05) is 6.54 Å². The molecule has 1 unspecified atom stereocenters. The molecule has 5 nitrogen and oxygen atoms in total. The summed E-state index contributed by atoms with van der Waals surface area (Å²) >= 11 is 2.98. The zero-order valence-corrected chi connectivity index (χ0v) is 11.7. The monoisotopic (exact) mass is 269 g/mol. The van der Waals surface area contributed by atoms with Crippen LogP contribution in [0, 0.1) is 6.92 Å². The molecule has 0 aliphatic carbocycles. The molecule has 2 heterocycles. The first-order valence-corrected chi connectivity index (χ1v) is 7.17. The zero-order chi connectivity index (χ0) is 12.3. The Bertz CT molecular complexity index is 479. The van der Waals surface area contributed by atoms with Crippen LogP contribution in [-0.4, -0.2) is 26.3 Å². The van der Waals surface area contributed by atoms with Crippen LogP contribution in [0.4, 0.5) is 0 Å². The third-order valence-corrected chi connectivity index (χ3v) is 4.44. The lowest BCUT2D eigenvalue weighted by atomic mass is 10.3. The molecule has 0 fully saturated rings. The topological polar surface area (TPSA) is 63.6 Å². The Morgan fingerprint density at radius 1 is 1.29 bits per heavy atom. The summed E-state index contributed by atoms with van der Waals surface area (Å²) in [4.78, 5) is 1.02. The molecule has 1 atom stereocenters. The standard InChI is InChI=1S/C10H15N5S2/c1-4-5-11-7(3)9-13-14-10(16-9)8-6(2)12-15-17-8/h7,11H,4-5H2,1-3H3. The molecular weight excluding hydrogens is 254 g/mol. The van der Waals surface area contributed by atoms with Gasteiger partial charge in [0.25, 0.3) is 0 Å². The van der Waals surface area contributed by atoms with Gasteiger partial charge in [0.15, 0.2) is 5.01 Å². The fourth-order valence-corrected chi connectivity index (χ4v) is 3.01. The normalized spacial score (nSPS) is 12.9. The van der Waals surface area contributed by atoms with Gasteiger partial charge in [0.05, 0.1) is 11.7 Å². The van der Waals surface area contributed by atoms with Crippen LogP contribution in [0.15, 0.2) is 0 Å². The number of hydrogen-bond acceptors (Lipinski definition) is 7. The highest BCUT2D eigenvalue weighted by Crippen LogP contribution is 2.30. The molecule has 17 heavy (non-hydrogen) atoms. The molecule has 0 amide bonds. The second kappa shape index (κ2) is 5.61. The summed E-state index contributed by atoms with van der Waals surface area (Å²) in [7, 11) is 0. The molecule has 0 saturated heterocycles. The van der Waals surface area contributed by atoms with E-state index in [1.165, 1.54) is 11.5 Å². The molecule has 2 aromatic heterocycles. The van der Waals surface area contributed by atoms with E-state index in [1.807, 2.05) is 6.92 Å². The van der Waals surface area contributed by atoms with Crippen molar-refractivity contribution in [1.82, 2.24) is 25.1 Å². The second-order valence-electron chi connectivity index (χ2n) is 3.81. The molecule has 0 spiro atoms. The minimum Gasteiger partial charge on any atom is -0.308 e. The van der Waals surface area contributed by atoms with Crippen molar-refractivity contribution in [3.05, 3.63) is 10.7 Å². The Hall–Kier alpha value is -0.920. The molecule has 1 N–H and O–H groups in total. The molecule has 0 aliphatic heterocycles. The average Bonchev–Trinajstić information content (AvgIpc) is 2.93. The van der Waals surface area contributed by atoms with Gasteiger partial charge in [-0.2, -0.15) is 0 Å². The summed E-state index contributed by atoms with van der Waals surface area (Å²) in [5.74, 6) is 0. The molecule has 0 aliphatic rings. The minimum absolute atomic E-state index is 0.252. The third kappa shape index (κ3) is 2.85. The van der Waals surface area contributed by atoms with Gasteiger partial charge in [-0.05, 0) is 38.3 Å². The summed E-state index contributed by atoms with van der Waals surface area (Å²) in [6, 6.07) is 0.252. The number of aromatic nitrogens is 4. The predicted molar refractivity (Wildman–Crippen MR) is 70.3 cm³/mol. The van der Waals surface area contributed by atoms with Crippen LogP contribution in [0.5, 0.6) is 0 Å². The van der Waals surface area contributed by atoms with Crippen molar-refractivity contribution in [2.45, 2.75) is 33.2 Å². The van der Waals surface area contributed by atoms with Crippen LogP contribution in [-0.2, 0) is 0 Å². The van der Waals surface area contributed by atoms with Gasteiger partial charge in [0, 0.05) is 0 Å². The maximum Gasteiger partial charge on any atom is 0.161 e. The van der Waals surface area contributed by atoms with Crippen molar-refractivity contribution in [3.63, 3.8) is 0 Å². The summed E-state index contributed by atoms with van der Waals surface area (Å²) in [5.41, 5.74) is 0.923. The quantitative estimate of drug-likeness (QED) is 0.903. The van der Waals surface area contributed by atoms with Crippen LogP contribution in [0.1, 0.15) is 37.0 Å². The highest BCUT2D eigenvalue weighted by atomic mass is 32.1. The number of rotatable bonds is 5. The molecule has 0 saturated carbocycles. The first-order chi connectivity index (χ1) is 8.22. The van der Waals surface area contributed by atoms with Crippen LogP contribution in [0.25, 0.3) is 9.88 Å². The SMILES string of the molecule is CCCNC(C)c1nnc(-c2snnc2C)s1. The third-order valence-electron chi connectivity index (χ3n) is 2.36. The number of aryl methyl sites for hydroxylation is 1. The molecule has 0 aromatic carbocycles. The van der Waals surface area contributed by atoms with Crippen molar-refractivity contribution < 1.29 is 0 Å². The van der Waals surface area contributed by atoms with E-state index in [9.17, 15) is 0 Å². The maximum atomic E-state index is 4.22. The number of nitrogens with zero attached hydrogens (tertiary/aromatic N) is 4. The molecule has 92 valence electrons. The minimum atomic E-state index is 0.252. The van der Waals surface area contributed by atoms with E-state index in [1.54, 1.807) is 11.3 Å². The maximum absolute atomic E-state index is 4.22. The molecule has 2 aromatic rings. The van der Waals surface area contributed by atoms with Crippen LogP contribution >= 0.6 is 22.9 Å². The molecular formula is C10H15N5S2. The molecule has 0 bridgehead atoms. The van der Waals surface area contributed by atoms with Crippen molar-refractivity contribution >= 4 is 22.9 Å². The molecule has 0 radical (unpaired) electrons. The average molecular weight is 269 g/mol. The van der Waals surface area contributed by atoms with E-state index in [-0.39, 0.29) is 6.04 Å². The van der Waals surface area contributed by atoms with E-state index in [2.05, 4.69) is 38.9 Å². The Kier molecular flexibility index (Phi) is 4.14. The van der Waals surface area contributed by atoms with E-state index in [4.69, 9.17) is 0 Å². The van der Waals surface area contributed by atoms with E-state index >= 15 is 0 Å². The summed E-state index contributed by atoms with van der Waals surface area (Å²) in [6.07, 6.45) is 1.12. The summed E-state index contributed by atoms with van der Waals surface area (Å²) in [6.45, 7) is 7.20. The van der Waals surface area contributed by atoms with Gasteiger partial charge in [-0.3, -0.25) is 0 Å². The van der Waals surface area contributed by atoms with Crippen molar-refractivity contribution in [3.8, 4) is 9.88 Å². The van der Waals surface area contributed by atoms with Gasteiger partial charge >= 0.3 is 0 Å². The van der Waals surface area contributed by atoms with Gasteiger partial charge in [0.2, 0.25) is 0 Å². The van der Waals surface area contributed by atoms with Crippen LogP contribution in [0.3, 0.4) is 0 Å². The van der Waals surface area contributed by atoms with Crippen LogP contribution < -0.4 is 5.32 Å². The highest BCUT2D eigenvalue weighted by Gasteiger charge is 2.15. The Labute approximate surface area is 108 Å². The largest absolute Gasteiger partial charge is 0.308 e. The van der Waals surface area contributed by atoms with Gasteiger partial charge in [-0.1, -0.05) is 22.7 Å². The van der Waals surface area contributed by atoms with E-state index in [0.717, 1.165) is 33.6 Å². The summed E-state index contributed by atoms with van der Waals surface area (Å²) < 4.78 is 3.92. The fraction of sp³-hybridized carbons (Fsp3) is 0.600. The molecule has 7 heteroatoms. The number of nitrogens with one attached hydrogen (secondary N) is 1. The van der Waals surface area contributed by atoms with Crippen LogP contribution in [0.2, 0.25) is 0 Å². The lowest BCUT2D eigenvalue weighted by Crippen LogP contribution is -2.18. The van der Waals surface area contributed by atoms with Crippen molar-refractivity contribution in [1.29, 1.82) is 0 Å². The number of hydrogen-bond donors (Lipinski definition) is 1. The van der Waals surface area contributed by atoms with Gasteiger partial charge in [0.1, 0.15) is 9.88 Å². The van der Waals surface area contributed by atoms with Gasteiger partial charge in [-0.25, -0.2) is 0 Å². The fourth-order valence-electron chi connectivity index (χ4n) is 1.38. The lowest BCUT2D eigenvalue weighted by molar-refractivity contribution is 0.564. The predicted octanol–water partition coefficient (Wildman–Crippen LogP) is 2.43. The Morgan fingerprint density at radius 3 is 2.76 bits per heavy atom. The first kappa shape index (κ1) is 12.5. The summed E-state index contributed by atoms with van der Waals surface area (Å²) in [5, 5.41) is 17.8. The second-order valence-corrected chi connectivity index (χ2v) is 5.57. The van der Waals surface area contributed by atoms with Crippen molar-refractivity contribution in [2.24, 2.45) is 0 Å². The van der Waals surface area contributed by atoms with E-state index in [0.29, 0.717) is 0 Å².